The topological polar surface area (TPSA) is 149 Å². The number of rotatable bonds is 16. The highest BCUT2D eigenvalue weighted by Gasteiger charge is 2.29. The SMILES string of the molecule is COC(=O)[C@H](CC(C)C)NC(=O)[C@H](CC(C)C)NC(=O)[C@@H](N)CCCCNC(=O)OCc1ccccc1. The summed E-state index contributed by atoms with van der Waals surface area (Å²) in [6.45, 7) is 8.35. The van der Waals surface area contributed by atoms with E-state index in [1.807, 2.05) is 58.0 Å². The Morgan fingerprint density at radius 3 is 2.05 bits per heavy atom. The molecule has 0 radical (unpaired) electrons. The second-order valence-corrected chi connectivity index (χ2v) is 10.00. The number of unbranched alkanes of at least 4 members (excludes halogenated alkanes) is 1. The standard InChI is InChI=1S/C27H44N4O6/c1-18(2)15-22(25(33)31-23(16-19(3)4)26(34)36-5)30-24(32)21(28)13-9-10-14-29-27(35)37-17-20-11-7-6-8-12-20/h6-8,11-12,18-19,21-23H,9-10,13-17,28H2,1-5H3,(H,29,35)(H,30,32)(H,31,33)/t21-,22-,23-/m0/s1. The first-order valence-corrected chi connectivity index (χ1v) is 12.9. The van der Waals surface area contributed by atoms with Crippen LogP contribution in [0.1, 0.15) is 65.4 Å². The molecule has 1 rings (SSSR count). The first-order valence-electron chi connectivity index (χ1n) is 12.9. The molecule has 1 aromatic rings. The number of alkyl carbamates (subject to hydrolysis) is 1. The van der Waals surface area contributed by atoms with Crippen molar-refractivity contribution >= 4 is 23.9 Å². The van der Waals surface area contributed by atoms with Crippen LogP contribution in [0.4, 0.5) is 4.79 Å². The number of esters is 1. The van der Waals surface area contributed by atoms with Crippen molar-refractivity contribution in [2.75, 3.05) is 13.7 Å². The quantitative estimate of drug-likeness (QED) is 0.193. The molecule has 0 spiro atoms. The second kappa shape index (κ2) is 17.3. The predicted molar refractivity (Wildman–Crippen MR) is 141 cm³/mol. The highest BCUT2D eigenvalue weighted by atomic mass is 16.5. The lowest BCUT2D eigenvalue weighted by Gasteiger charge is -2.25. The molecular formula is C27H44N4O6. The zero-order valence-electron chi connectivity index (χ0n) is 22.8. The van der Waals surface area contributed by atoms with Gasteiger partial charge in [0.15, 0.2) is 0 Å². The van der Waals surface area contributed by atoms with E-state index < -0.39 is 42.0 Å². The summed E-state index contributed by atoms with van der Waals surface area (Å²) in [5.74, 6) is -1.11. The van der Waals surface area contributed by atoms with Crippen LogP contribution in [0, 0.1) is 11.8 Å². The molecule has 0 unspecified atom stereocenters. The molecule has 0 aliphatic carbocycles. The Hall–Kier alpha value is -3.14. The van der Waals surface area contributed by atoms with Crippen LogP contribution in [-0.2, 0) is 30.5 Å². The van der Waals surface area contributed by atoms with E-state index in [1.165, 1.54) is 7.11 Å². The van der Waals surface area contributed by atoms with Gasteiger partial charge in [-0.05, 0) is 49.5 Å². The number of nitrogens with two attached hydrogens (primary N) is 1. The van der Waals surface area contributed by atoms with Crippen molar-refractivity contribution in [1.82, 2.24) is 16.0 Å². The number of amides is 3. The molecule has 0 aliphatic rings. The van der Waals surface area contributed by atoms with E-state index in [9.17, 15) is 19.2 Å². The van der Waals surface area contributed by atoms with Crippen molar-refractivity contribution in [3.63, 3.8) is 0 Å². The molecule has 1 aromatic carbocycles. The zero-order valence-corrected chi connectivity index (χ0v) is 22.8. The van der Waals surface area contributed by atoms with Crippen molar-refractivity contribution in [2.45, 2.75) is 84.5 Å². The maximum absolute atomic E-state index is 12.9. The number of carbonyl (C=O) groups is 4. The van der Waals surface area contributed by atoms with E-state index in [0.29, 0.717) is 38.6 Å². The van der Waals surface area contributed by atoms with Gasteiger partial charge in [-0.25, -0.2) is 9.59 Å². The van der Waals surface area contributed by atoms with Gasteiger partial charge in [-0.1, -0.05) is 58.0 Å². The maximum atomic E-state index is 12.9. The van der Waals surface area contributed by atoms with Gasteiger partial charge in [0.25, 0.3) is 0 Å². The Labute approximate surface area is 220 Å². The molecule has 10 nitrogen and oxygen atoms in total. The second-order valence-electron chi connectivity index (χ2n) is 10.00. The highest BCUT2D eigenvalue weighted by Crippen LogP contribution is 2.10. The van der Waals surface area contributed by atoms with Gasteiger partial charge in [-0.2, -0.15) is 0 Å². The van der Waals surface area contributed by atoms with Gasteiger partial charge in [0.05, 0.1) is 13.2 Å². The number of hydrogen-bond acceptors (Lipinski definition) is 7. The Balaban J connectivity index is 2.46. The zero-order chi connectivity index (χ0) is 27.8. The van der Waals surface area contributed by atoms with Crippen LogP contribution < -0.4 is 21.7 Å². The number of benzene rings is 1. The lowest BCUT2D eigenvalue weighted by molar-refractivity contribution is -0.146. The van der Waals surface area contributed by atoms with Crippen LogP contribution in [0.5, 0.6) is 0 Å². The summed E-state index contributed by atoms with van der Waals surface area (Å²) in [5.41, 5.74) is 6.96. The van der Waals surface area contributed by atoms with Crippen LogP contribution >= 0.6 is 0 Å². The monoisotopic (exact) mass is 520 g/mol. The van der Waals surface area contributed by atoms with Crippen molar-refractivity contribution in [1.29, 1.82) is 0 Å². The third-order valence-electron chi connectivity index (χ3n) is 5.61. The third-order valence-corrected chi connectivity index (χ3v) is 5.61. The maximum Gasteiger partial charge on any atom is 0.407 e. The first-order chi connectivity index (χ1) is 17.5. The summed E-state index contributed by atoms with van der Waals surface area (Å²) < 4.78 is 9.97. The average Bonchev–Trinajstić information content (AvgIpc) is 2.85. The van der Waals surface area contributed by atoms with Gasteiger partial charge in [0.2, 0.25) is 11.8 Å². The Kier molecular flexibility index (Phi) is 14.9. The number of ether oxygens (including phenoxy) is 2. The van der Waals surface area contributed by atoms with Crippen LogP contribution in [-0.4, -0.2) is 55.7 Å². The van der Waals surface area contributed by atoms with Crippen molar-refractivity contribution in [2.24, 2.45) is 17.6 Å². The summed E-state index contributed by atoms with van der Waals surface area (Å²) in [7, 11) is 1.28. The molecule has 3 atom stereocenters. The van der Waals surface area contributed by atoms with Crippen LogP contribution in [0.25, 0.3) is 0 Å². The minimum absolute atomic E-state index is 0.127. The molecule has 0 aromatic heterocycles. The van der Waals surface area contributed by atoms with E-state index in [2.05, 4.69) is 16.0 Å². The molecular weight excluding hydrogens is 476 g/mol. The first kappa shape index (κ1) is 31.9. The smallest absolute Gasteiger partial charge is 0.407 e. The molecule has 5 N–H and O–H groups in total. The fraction of sp³-hybridized carbons (Fsp3) is 0.630. The van der Waals surface area contributed by atoms with Crippen LogP contribution in [0.3, 0.4) is 0 Å². The number of carbonyl (C=O) groups excluding carboxylic acids is 4. The lowest BCUT2D eigenvalue weighted by Crippen LogP contribution is -2.55. The predicted octanol–water partition coefficient (Wildman–Crippen LogP) is 2.65. The van der Waals surface area contributed by atoms with Gasteiger partial charge in [-0.3, -0.25) is 9.59 Å². The van der Waals surface area contributed by atoms with E-state index in [0.717, 1.165) is 5.56 Å². The Bertz CT molecular complexity index is 847. The summed E-state index contributed by atoms with van der Waals surface area (Å²) in [6, 6.07) is 6.97. The van der Waals surface area contributed by atoms with Gasteiger partial charge < -0.3 is 31.2 Å². The molecule has 0 bridgehead atoms. The molecule has 37 heavy (non-hydrogen) atoms. The van der Waals surface area contributed by atoms with E-state index in [4.69, 9.17) is 15.2 Å². The van der Waals surface area contributed by atoms with Crippen molar-refractivity contribution < 1.29 is 28.7 Å². The lowest BCUT2D eigenvalue weighted by atomic mass is 10.00. The van der Waals surface area contributed by atoms with Crippen LogP contribution in [0.15, 0.2) is 30.3 Å². The molecule has 0 aliphatic heterocycles. The fourth-order valence-electron chi connectivity index (χ4n) is 3.67. The molecule has 0 heterocycles. The summed E-state index contributed by atoms with van der Waals surface area (Å²) in [4.78, 5) is 49.5. The summed E-state index contributed by atoms with van der Waals surface area (Å²) in [6.07, 6.45) is 1.93. The highest BCUT2D eigenvalue weighted by molar-refractivity contribution is 5.92. The molecule has 0 saturated carbocycles. The summed E-state index contributed by atoms with van der Waals surface area (Å²) in [5, 5.41) is 8.13. The largest absolute Gasteiger partial charge is 0.467 e. The Morgan fingerprint density at radius 1 is 0.865 bits per heavy atom. The molecule has 10 heteroatoms. The molecule has 208 valence electrons. The molecule has 3 amide bonds. The summed E-state index contributed by atoms with van der Waals surface area (Å²) >= 11 is 0. The van der Waals surface area contributed by atoms with Gasteiger partial charge in [0.1, 0.15) is 18.7 Å². The van der Waals surface area contributed by atoms with Gasteiger partial charge in [-0.15, -0.1) is 0 Å². The minimum atomic E-state index is -0.820. The molecule has 0 fully saturated rings. The third kappa shape index (κ3) is 13.7. The normalized spacial score (nSPS) is 13.4. The van der Waals surface area contributed by atoms with E-state index >= 15 is 0 Å². The van der Waals surface area contributed by atoms with Crippen LogP contribution in [0.2, 0.25) is 0 Å². The Morgan fingerprint density at radius 2 is 1.46 bits per heavy atom. The van der Waals surface area contributed by atoms with Gasteiger partial charge >= 0.3 is 12.1 Å². The number of methoxy groups -OCH3 is 1. The van der Waals surface area contributed by atoms with Crippen molar-refractivity contribution in [3.8, 4) is 0 Å². The van der Waals surface area contributed by atoms with E-state index in [-0.39, 0.29) is 18.4 Å². The number of nitrogens with one attached hydrogen (secondary N) is 3. The molecule has 0 saturated heterocycles. The minimum Gasteiger partial charge on any atom is -0.467 e. The number of hydrogen-bond donors (Lipinski definition) is 4. The van der Waals surface area contributed by atoms with Gasteiger partial charge in [0, 0.05) is 6.54 Å². The average molecular weight is 521 g/mol. The van der Waals surface area contributed by atoms with E-state index in [1.54, 1.807) is 0 Å². The fourth-order valence-corrected chi connectivity index (χ4v) is 3.67. The van der Waals surface area contributed by atoms with Crippen molar-refractivity contribution in [3.05, 3.63) is 35.9 Å².